The SMILES string of the molecule is CN(c1ccc(CBr)cc1Br)C1CCS(=O)(=O)C1. The van der Waals surface area contributed by atoms with Gasteiger partial charge in [0.05, 0.1) is 17.2 Å². The van der Waals surface area contributed by atoms with Crippen molar-refractivity contribution in [3.63, 3.8) is 0 Å². The summed E-state index contributed by atoms with van der Waals surface area (Å²) in [5, 5.41) is 0.813. The molecule has 1 aromatic rings. The third-order valence-corrected chi connectivity index (χ3v) is 6.34. The number of rotatable bonds is 3. The fraction of sp³-hybridized carbons (Fsp3) is 0.500. The van der Waals surface area contributed by atoms with E-state index in [1.54, 1.807) is 0 Å². The molecule has 0 spiro atoms. The Morgan fingerprint density at radius 1 is 1.44 bits per heavy atom. The minimum absolute atomic E-state index is 0.0844. The van der Waals surface area contributed by atoms with Crippen molar-refractivity contribution in [2.45, 2.75) is 17.8 Å². The van der Waals surface area contributed by atoms with E-state index >= 15 is 0 Å². The number of sulfone groups is 1. The van der Waals surface area contributed by atoms with E-state index in [2.05, 4.69) is 48.9 Å². The molecule has 6 heteroatoms. The zero-order valence-corrected chi connectivity index (χ0v) is 14.1. The van der Waals surface area contributed by atoms with Gasteiger partial charge in [0, 0.05) is 22.9 Å². The molecule has 1 heterocycles. The van der Waals surface area contributed by atoms with E-state index < -0.39 is 9.84 Å². The largest absolute Gasteiger partial charge is 0.370 e. The predicted octanol–water partition coefficient (Wildman–Crippen LogP) is 2.97. The lowest BCUT2D eigenvalue weighted by atomic mass is 10.1. The summed E-state index contributed by atoms with van der Waals surface area (Å²) >= 11 is 6.97. The molecular formula is C12H15Br2NO2S. The maximum Gasteiger partial charge on any atom is 0.152 e. The van der Waals surface area contributed by atoms with Crippen LogP contribution in [0.2, 0.25) is 0 Å². The average molecular weight is 397 g/mol. The highest BCUT2D eigenvalue weighted by molar-refractivity contribution is 9.10. The summed E-state index contributed by atoms with van der Waals surface area (Å²) in [7, 11) is -0.881. The number of anilines is 1. The molecule has 1 aliphatic heterocycles. The normalized spacial score (nSPS) is 22.1. The molecule has 1 saturated heterocycles. The molecule has 1 atom stereocenters. The Balaban J connectivity index is 2.21. The minimum atomic E-state index is -2.84. The smallest absolute Gasteiger partial charge is 0.152 e. The Kier molecular flexibility index (Phi) is 4.39. The van der Waals surface area contributed by atoms with Crippen LogP contribution in [0.5, 0.6) is 0 Å². The third-order valence-electron chi connectivity index (χ3n) is 3.30. The van der Waals surface area contributed by atoms with Crippen LogP contribution in [-0.2, 0) is 15.2 Å². The van der Waals surface area contributed by atoms with E-state index in [0.29, 0.717) is 12.2 Å². The first-order valence-corrected chi connectivity index (χ1v) is 9.44. The van der Waals surface area contributed by atoms with Gasteiger partial charge in [0.25, 0.3) is 0 Å². The van der Waals surface area contributed by atoms with Gasteiger partial charge in [-0.25, -0.2) is 8.42 Å². The van der Waals surface area contributed by atoms with Gasteiger partial charge in [-0.3, -0.25) is 0 Å². The molecule has 0 saturated carbocycles. The maximum absolute atomic E-state index is 11.5. The van der Waals surface area contributed by atoms with Crippen molar-refractivity contribution in [2.75, 3.05) is 23.5 Å². The maximum atomic E-state index is 11.5. The van der Waals surface area contributed by atoms with Gasteiger partial charge in [0.15, 0.2) is 9.84 Å². The van der Waals surface area contributed by atoms with Crippen LogP contribution in [0, 0.1) is 0 Å². The second-order valence-electron chi connectivity index (χ2n) is 4.59. The quantitative estimate of drug-likeness (QED) is 0.737. The van der Waals surface area contributed by atoms with E-state index in [1.807, 2.05) is 13.1 Å². The van der Waals surface area contributed by atoms with Crippen LogP contribution in [0.4, 0.5) is 5.69 Å². The molecule has 1 aliphatic rings. The van der Waals surface area contributed by atoms with Gasteiger partial charge in [-0.1, -0.05) is 22.0 Å². The molecule has 100 valence electrons. The highest BCUT2D eigenvalue weighted by Gasteiger charge is 2.31. The van der Waals surface area contributed by atoms with Crippen molar-refractivity contribution in [3.8, 4) is 0 Å². The molecule has 1 fully saturated rings. The Hall–Kier alpha value is -0.0700. The first-order valence-electron chi connectivity index (χ1n) is 5.70. The highest BCUT2D eigenvalue weighted by atomic mass is 79.9. The summed E-state index contributed by atoms with van der Waals surface area (Å²) < 4.78 is 24.0. The lowest BCUT2D eigenvalue weighted by molar-refractivity contribution is 0.601. The van der Waals surface area contributed by atoms with Gasteiger partial charge in [-0.05, 0) is 40.0 Å². The molecule has 0 aromatic heterocycles. The zero-order chi connectivity index (χ0) is 13.3. The van der Waals surface area contributed by atoms with E-state index in [-0.39, 0.29) is 11.8 Å². The molecule has 1 aromatic carbocycles. The van der Waals surface area contributed by atoms with E-state index in [4.69, 9.17) is 0 Å². The topological polar surface area (TPSA) is 37.4 Å². The molecular weight excluding hydrogens is 382 g/mol. The van der Waals surface area contributed by atoms with Crippen molar-refractivity contribution in [3.05, 3.63) is 28.2 Å². The Morgan fingerprint density at radius 3 is 2.67 bits per heavy atom. The standard InChI is InChI=1S/C12H15Br2NO2S/c1-15(10-4-5-18(16,17)8-10)12-3-2-9(7-13)6-11(12)14/h2-3,6,10H,4-5,7-8H2,1H3. The van der Waals surface area contributed by atoms with Gasteiger partial charge in [0.1, 0.15) is 0 Å². The average Bonchev–Trinajstić information content (AvgIpc) is 2.68. The highest BCUT2D eigenvalue weighted by Crippen LogP contribution is 2.31. The molecule has 0 bridgehead atoms. The number of hydrogen-bond acceptors (Lipinski definition) is 3. The Labute approximate surface area is 125 Å². The number of halogens is 2. The summed E-state index contributed by atoms with van der Waals surface area (Å²) in [6.45, 7) is 0. The molecule has 3 nitrogen and oxygen atoms in total. The van der Waals surface area contributed by atoms with Crippen molar-refractivity contribution in [1.82, 2.24) is 0 Å². The van der Waals surface area contributed by atoms with E-state index in [9.17, 15) is 8.42 Å². The number of nitrogens with zero attached hydrogens (tertiary/aromatic N) is 1. The van der Waals surface area contributed by atoms with Crippen LogP contribution in [0.3, 0.4) is 0 Å². The summed E-state index contributed by atoms with van der Waals surface area (Å²) in [5.41, 5.74) is 2.24. The molecule has 0 amide bonds. The van der Waals surface area contributed by atoms with E-state index in [0.717, 1.165) is 15.5 Å². The fourth-order valence-corrected chi connectivity index (χ4v) is 5.03. The van der Waals surface area contributed by atoms with E-state index in [1.165, 1.54) is 5.56 Å². The predicted molar refractivity (Wildman–Crippen MR) is 82.2 cm³/mol. The van der Waals surface area contributed by atoms with Crippen LogP contribution < -0.4 is 4.90 Å². The van der Waals surface area contributed by atoms with Gasteiger partial charge < -0.3 is 4.90 Å². The van der Waals surface area contributed by atoms with Gasteiger partial charge in [0.2, 0.25) is 0 Å². The van der Waals surface area contributed by atoms with Crippen LogP contribution in [0.15, 0.2) is 22.7 Å². The second-order valence-corrected chi connectivity index (χ2v) is 8.23. The first-order chi connectivity index (χ1) is 8.43. The van der Waals surface area contributed by atoms with Crippen LogP contribution in [-0.4, -0.2) is 33.0 Å². The van der Waals surface area contributed by atoms with Crippen molar-refractivity contribution in [2.24, 2.45) is 0 Å². The van der Waals surface area contributed by atoms with Crippen LogP contribution in [0.25, 0.3) is 0 Å². The third kappa shape index (κ3) is 3.08. The lowest BCUT2D eigenvalue weighted by Crippen LogP contribution is -2.32. The number of benzene rings is 1. The van der Waals surface area contributed by atoms with Crippen LogP contribution in [0.1, 0.15) is 12.0 Å². The number of hydrogen-bond donors (Lipinski definition) is 0. The Morgan fingerprint density at radius 2 is 2.17 bits per heavy atom. The summed E-state index contributed by atoms with van der Waals surface area (Å²) in [6, 6.07) is 6.23. The molecule has 1 unspecified atom stereocenters. The molecule has 2 rings (SSSR count). The molecule has 0 radical (unpaired) electrons. The monoisotopic (exact) mass is 395 g/mol. The second kappa shape index (κ2) is 5.51. The summed E-state index contributed by atoms with van der Waals surface area (Å²) in [6.07, 6.45) is 0.714. The molecule has 0 N–H and O–H groups in total. The fourth-order valence-electron chi connectivity index (χ4n) is 2.20. The van der Waals surface area contributed by atoms with Gasteiger partial charge >= 0.3 is 0 Å². The molecule has 0 aliphatic carbocycles. The summed E-state index contributed by atoms with van der Waals surface area (Å²) in [4.78, 5) is 2.06. The minimum Gasteiger partial charge on any atom is -0.370 e. The summed E-state index contributed by atoms with van der Waals surface area (Å²) in [5.74, 6) is 0.565. The lowest BCUT2D eigenvalue weighted by Gasteiger charge is -2.27. The van der Waals surface area contributed by atoms with Crippen molar-refractivity contribution < 1.29 is 8.42 Å². The van der Waals surface area contributed by atoms with Crippen molar-refractivity contribution >= 4 is 47.4 Å². The Bertz CT molecular complexity index is 545. The zero-order valence-electron chi connectivity index (χ0n) is 10.1. The number of alkyl halides is 1. The molecule has 18 heavy (non-hydrogen) atoms. The van der Waals surface area contributed by atoms with Crippen LogP contribution >= 0.6 is 31.9 Å². The van der Waals surface area contributed by atoms with Crippen molar-refractivity contribution in [1.29, 1.82) is 0 Å². The first kappa shape index (κ1) is 14.3. The van der Waals surface area contributed by atoms with Gasteiger partial charge in [-0.2, -0.15) is 0 Å². The van der Waals surface area contributed by atoms with Gasteiger partial charge in [-0.15, -0.1) is 0 Å².